The van der Waals surface area contributed by atoms with E-state index >= 15 is 0 Å². The first kappa shape index (κ1) is 28.2. The van der Waals surface area contributed by atoms with Gasteiger partial charge in [-0.3, -0.25) is 0 Å². The predicted molar refractivity (Wildman–Crippen MR) is 155 cm³/mol. The molecule has 1 aliphatic heterocycles. The molecule has 5 rings (SSSR count). The summed E-state index contributed by atoms with van der Waals surface area (Å²) in [6, 6.07) is 40.8. The molecule has 0 bridgehead atoms. The fourth-order valence-corrected chi connectivity index (χ4v) is 5.02. The number of hydrogen-bond acceptors (Lipinski definition) is 5. The standard InChI is InChI=1S/C35H38O5/c1-27-33(37-23-29-16-8-3-9-17-29)35(39-25-31-20-12-5-13-21-31)34(38-24-30-18-10-4-11-19-30)32(40-27)26-36-22-28-14-6-2-7-15-28/h2-21,27,32-35H,22-26H2,1H3/t27-,32+,33?,34+,35?/m0/s1. The molecule has 0 aliphatic carbocycles. The summed E-state index contributed by atoms with van der Waals surface area (Å²) in [6.45, 7) is 4.29. The van der Waals surface area contributed by atoms with Gasteiger partial charge in [-0.15, -0.1) is 0 Å². The topological polar surface area (TPSA) is 46.2 Å². The Kier molecular flexibility index (Phi) is 10.5. The van der Waals surface area contributed by atoms with Crippen LogP contribution in [0.4, 0.5) is 0 Å². The Morgan fingerprint density at radius 2 is 0.850 bits per heavy atom. The van der Waals surface area contributed by atoms with E-state index in [1.165, 1.54) is 0 Å². The van der Waals surface area contributed by atoms with Crippen molar-refractivity contribution in [2.45, 2.75) is 63.9 Å². The lowest BCUT2D eigenvalue weighted by Crippen LogP contribution is -2.60. The summed E-state index contributed by atoms with van der Waals surface area (Å²) in [7, 11) is 0. The van der Waals surface area contributed by atoms with Gasteiger partial charge in [-0.05, 0) is 29.2 Å². The van der Waals surface area contributed by atoms with Gasteiger partial charge in [0.15, 0.2) is 0 Å². The molecule has 208 valence electrons. The van der Waals surface area contributed by atoms with Crippen molar-refractivity contribution >= 4 is 0 Å². The predicted octanol–water partition coefficient (Wildman–Crippen LogP) is 6.75. The van der Waals surface area contributed by atoms with E-state index in [9.17, 15) is 0 Å². The molecule has 0 radical (unpaired) electrons. The monoisotopic (exact) mass is 538 g/mol. The third-order valence-electron chi connectivity index (χ3n) is 7.12. The second-order valence-electron chi connectivity index (χ2n) is 10.2. The van der Waals surface area contributed by atoms with Gasteiger partial charge < -0.3 is 23.7 Å². The summed E-state index contributed by atoms with van der Waals surface area (Å²) < 4.78 is 32.5. The van der Waals surface area contributed by atoms with Crippen LogP contribution in [0.15, 0.2) is 121 Å². The van der Waals surface area contributed by atoms with Crippen LogP contribution in [0.1, 0.15) is 29.2 Å². The Hall–Kier alpha value is -3.32. The van der Waals surface area contributed by atoms with Crippen molar-refractivity contribution in [3.8, 4) is 0 Å². The van der Waals surface area contributed by atoms with Crippen LogP contribution in [0.3, 0.4) is 0 Å². The fourth-order valence-electron chi connectivity index (χ4n) is 5.02. The van der Waals surface area contributed by atoms with Crippen LogP contribution in [0.25, 0.3) is 0 Å². The Morgan fingerprint density at radius 1 is 0.475 bits per heavy atom. The smallest absolute Gasteiger partial charge is 0.115 e. The second kappa shape index (κ2) is 14.9. The molecule has 1 saturated heterocycles. The zero-order valence-corrected chi connectivity index (χ0v) is 23.0. The van der Waals surface area contributed by atoms with Gasteiger partial charge in [0, 0.05) is 0 Å². The Balaban J connectivity index is 1.36. The second-order valence-corrected chi connectivity index (χ2v) is 10.2. The van der Waals surface area contributed by atoms with Crippen LogP contribution in [-0.2, 0) is 50.1 Å². The molecule has 1 fully saturated rings. The SMILES string of the molecule is C[C@@H]1O[C@H](COCc2ccccc2)[C@@H](OCc2ccccc2)C(OCc2ccccc2)C1OCc1ccccc1. The van der Waals surface area contributed by atoms with E-state index in [2.05, 4.69) is 48.5 Å². The van der Waals surface area contributed by atoms with Gasteiger partial charge in [0.05, 0.1) is 39.1 Å². The van der Waals surface area contributed by atoms with E-state index in [0.717, 1.165) is 22.3 Å². The molecule has 5 heteroatoms. The Morgan fingerprint density at radius 3 is 1.30 bits per heavy atom. The molecular weight excluding hydrogens is 500 g/mol. The highest BCUT2D eigenvalue weighted by atomic mass is 16.6. The third kappa shape index (κ3) is 8.10. The number of benzene rings is 4. The highest BCUT2D eigenvalue weighted by molar-refractivity contribution is 5.16. The minimum Gasteiger partial charge on any atom is -0.374 e. The van der Waals surface area contributed by atoms with E-state index in [4.69, 9.17) is 23.7 Å². The molecule has 5 nitrogen and oxygen atoms in total. The molecule has 40 heavy (non-hydrogen) atoms. The number of hydrogen-bond donors (Lipinski definition) is 0. The van der Waals surface area contributed by atoms with Crippen LogP contribution in [0, 0.1) is 0 Å². The van der Waals surface area contributed by atoms with Crippen molar-refractivity contribution < 1.29 is 23.7 Å². The lowest BCUT2D eigenvalue weighted by Gasteiger charge is -2.45. The van der Waals surface area contributed by atoms with Gasteiger partial charge in [0.25, 0.3) is 0 Å². The summed E-state index contributed by atoms with van der Waals surface area (Å²) >= 11 is 0. The van der Waals surface area contributed by atoms with Crippen LogP contribution < -0.4 is 0 Å². The highest BCUT2D eigenvalue weighted by Crippen LogP contribution is 2.30. The molecule has 1 aliphatic rings. The van der Waals surface area contributed by atoms with E-state index in [1.807, 2.05) is 79.7 Å². The third-order valence-corrected chi connectivity index (χ3v) is 7.12. The molecule has 2 unspecified atom stereocenters. The van der Waals surface area contributed by atoms with Gasteiger partial charge in [-0.2, -0.15) is 0 Å². The minimum atomic E-state index is -0.392. The quantitative estimate of drug-likeness (QED) is 0.189. The first-order chi connectivity index (χ1) is 19.8. The Labute approximate surface area is 237 Å². The summed E-state index contributed by atoms with van der Waals surface area (Å²) in [5.74, 6) is 0. The van der Waals surface area contributed by atoms with Crippen molar-refractivity contribution in [3.05, 3.63) is 144 Å². The lowest BCUT2D eigenvalue weighted by molar-refractivity contribution is -0.269. The normalized spacial score (nSPS) is 22.7. The summed E-state index contributed by atoms with van der Waals surface area (Å²) in [5.41, 5.74) is 4.41. The average Bonchev–Trinajstić information content (AvgIpc) is 3.01. The lowest BCUT2D eigenvalue weighted by atomic mass is 9.94. The van der Waals surface area contributed by atoms with E-state index in [0.29, 0.717) is 33.0 Å². The highest BCUT2D eigenvalue weighted by Gasteiger charge is 2.46. The maximum atomic E-state index is 6.65. The van der Waals surface area contributed by atoms with Crippen molar-refractivity contribution in [2.24, 2.45) is 0 Å². The molecule has 0 amide bonds. The molecule has 4 aromatic rings. The maximum Gasteiger partial charge on any atom is 0.115 e. The van der Waals surface area contributed by atoms with Crippen LogP contribution >= 0.6 is 0 Å². The molecule has 5 atom stereocenters. The van der Waals surface area contributed by atoms with Crippen molar-refractivity contribution in [3.63, 3.8) is 0 Å². The average molecular weight is 539 g/mol. The minimum absolute atomic E-state index is 0.216. The van der Waals surface area contributed by atoms with Gasteiger partial charge in [-0.25, -0.2) is 0 Å². The zero-order chi connectivity index (χ0) is 27.4. The van der Waals surface area contributed by atoms with E-state index < -0.39 is 6.10 Å². The molecule has 0 aromatic heterocycles. The first-order valence-electron chi connectivity index (χ1n) is 14.0. The van der Waals surface area contributed by atoms with Crippen molar-refractivity contribution in [1.29, 1.82) is 0 Å². The molecular formula is C35H38O5. The largest absolute Gasteiger partial charge is 0.374 e. The van der Waals surface area contributed by atoms with Gasteiger partial charge >= 0.3 is 0 Å². The summed E-state index contributed by atoms with van der Waals surface area (Å²) in [6.07, 6.45) is -1.61. The van der Waals surface area contributed by atoms with Crippen LogP contribution in [-0.4, -0.2) is 37.1 Å². The molecule has 1 heterocycles. The Bertz CT molecular complexity index is 1240. The molecule has 4 aromatic carbocycles. The number of ether oxygens (including phenoxy) is 5. The summed E-state index contributed by atoms with van der Waals surface area (Å²) in [4.78, 5) is 0. The van der Waals surface area contributed by atoms with E-state index in [1.54, 1.807) is 0 Å². The number of rotatable bonds is 13. The maximum absolute atomic E-state index is 6.65. The molecule has 0 saturated carbocycles. The van der Waals surface area contributed by atoms with Gasteiger partial charge in [0.2, 0.25) is 0 Å². The fraction of sp³-hybridized carbons (Fsp3) is 0.314. The first-order valence-corrected chi connectivity index (χ1v) is 14.0. The van der Waals surface area contributed by atoms with E-state index in [-0.39, 0.29) is 24.4 Å². The van der Waals surface area contributed by atoms with Crippen molar-refractivity contribution in [1.82, 2.24) is 0 Å². The van der Waals surface area contributed by atoms with Crippen LogP contribution in [0.2, 0.25) is 0 Å². The van der Waals surface area contributed by atoms with Crippen molar-refractivity contribution in [2.75, 3.05) is 6.61 Å². The van der Waals surface area contributed by atoms with Gasteiger partial charge in [-0.1, -0.05) is 121 Å². The zero-order valence-electron chi connectivity index (χ0n) is 23.0. The van der Waals surface area contributed by atoms with Crippen LogP contribution in [0.5, 0.6) is 0 Å². The van der Waals surface area contributed by atoms with Gasteiger partial charge in [0.1, 0.15) is 24.4 Å². The summed E-state index contributed by atoms with van der Waals surface area (Å²) in [5, 5.41) is 0. The molecule has 0 N–H and O–H groups in total. The molecule has 0 spiro atoms.